The third-order valence-electron chi connectivity index (χ3n) is 3.01. The lowest BCUT2D eigenvalue weighted by molar-refractivity contribution is -0.115. The van der Waals surface area contributed by atoms with Gasteiger partial charge in [0.05, 0.1) is 12.8 Å². The Kier molecular flexibility index (Phi) is 4.63. The minimum Gasteiger partial charge on any atom is -0.497 e. The zero-order valence-electron chi connectivity index (χ0n) is 12.4. The molecule has 0 saturated heterocycles. The predicted octanol–water partition coefficient (Wildman–Crippen LogP) is 2.86. The number of nitrogens with two attached hydrogens (primary N) is 1. The molecule has 0 aliphatic rings. The Balaban J connectivity index is 2.19. The highest BCUT2D eigenvalue weighted by Crippen LogP contribution is 2.19. The van der Waals surface area contributed by atoms with E-state index >= 15 is 0 Å². The highest BCUT2D eigenvalue weighted by molar-refractivity contribution is 6.17. The highest BCUT2D eigenvalue weighted by atomic mass is 16.5. The average molecular weight is 299 g/mol. The molecule has 0 atom stereocenters. The summed E-state index contributed by atoms with van der Waals surface area (Å²) in [5, 5.41) is 2.67. The number of rotatable bonds is 3. The van der Waals surface area contributed by atoms with E-state index in [-0.39, 0.29) is 0 Å². The maximum atomic E-state index is 12.3. The Morgan fingerprint density at radius 1 is 1.05 bits per heavy atom. The van der Waals surface area contributed by atoms with Crippen LogP contribution < -0.4 is 20.7 Å². The van der Waals surface area contributed by atoms with Gasteiger partial charge in [-0.05, 0) is 48.5 Å². The Bertz CT molecular complexity index is 666. The van der Waals surface area contributed by atoms with Crippen LogP contribution in [0, 0.1) is 0 Å². The molecule has 0 aliphatic carbocycles. The lowest BCUT2D eigenvalue weighted by atomic mass is 10.2. The van der Waals surface area contributed by atoms with Gasteiger partial charge in [0.25, 0.3) is 0 Å². The van der Waals surface area contributed by atoms with Gasteiger partial charge in [-0.25, -0.2) is 9.69 Å². The third-order valence-corrected chi connectivity index (χ3v) is 3.01. The quantitative estimate of drug-likeness (QED) is 0.853. The summed E-state index contributed by atoms with van der Waals surface area (Å²) in [6.45, 7) is 1.32. The van der Waals surface area contributed by atoms with E-state index in [4.69, 9.17) is 10.5 Å². The first-order chi connectivity index (χ1) is 10.5. The highest BCUT2D eigenvalue weighted by Gasteiger charge is 2.20. The first-order valence-corrected chi connectivity index (χ1v) is 6.62. The molecule has 0 bridgehead atoms. The largest absolute Gasteiger partial charge is 0.497 e. The van der Waals surface area contributed by atoms with Crippen molar-refractivity contribution in [1.82, 2.24) is 0 Å². The van der Waals surface area contributed by atoms with E-state index in [9.17, 15) is 9.59 Å². The number of ether oxygens (including phenoxy) is 1. The Morgan fingerprint density at radius 2 is 1.64 bits per heavy atom. The number of hydrogen-bond acceptors (Lipinski definition) is 4. The van der Waals surface area contributed by atoms with Crippen molar-refractivity contribution in [3.63, 3.8) is 0 Å². The smallest absolute Gasteiger partial charge is 0.333 e. The van der Waals surface area contributed by atoms with Crippen molar-refractivity contribution in [2.75, 3.05) is 23.1 Å². The molecular weight excluding hydrogens is 282 g/mol. The number of nitrogens with zero attached hydrogens (tertiary/aromatic N) is 1. The molecule has 0 radical (unpaired) electrons. The van der Waals surface area contributed by atoms with E-state index in [1.54, 1.807) is 55.6 Å². The number of amides is 3. The maximum Gasteiger partial charge on any atom is 0.333 e. The molecular formula is C16H17N3O3. The molecule has 6 nitrogen and oxygen atoms in total. The first-order valence-electron chi connectivity index (χ1n) is 6.62. The van der Waals surface area contributed by atoms with Gasteiger partial charge in [0.15, 0.2) is 0 Å². The molecule has 0 aliphatic heterocycles. The van der Waals surface area contributed by atoms with E-state index in [0.29, 0.717) is 22.8 Å². The van der Waals surface area contributed by atoms with Gasteiger partial charge in [0.1, 0.15) is 5.75 Å². The Labute approximate surface area is 128 Å². The zero-order valence-corrected chi connectivity index (χ0v) is 12.4. The van der Waals surface area contributed by atoms with Crippen molar-refractivity contribution >= 4 is 29.0 Å². The molecule has 2 aromatic rings. The van der Waals surface area contributed by atoms with E-state index in [1.807, 2.05) is 0 Å². The molecule has 3 amide bonds. The number of nitrogens with one attached hydrogen (secondary N) is 1. The van der Waals surface area contributed by atoms with E-state index < -0.39 is 11.9 Å². The van der Waals surface area contributed by atoms with Crippen LogP contribution in [-0.4, -0.2) is 19.0 Å². The van der Waals surface area contributed by atoms with Gasteiger partial charge in [0.2, 0.25) is 5.91 Å². The summed E-state index contributed by atoms with van der Waals surface area (Å²) in [7, 11) is 1.56. The van der Waals surface area contributed by atoms with Gasteiger partial charge >= 0.3 is 6.03 Å². The number of hydrogen-bond donors (Lipinski definition) is 2. The summed E-state index contributed by atoms with van der Waals surface area (Å²) in [6, 6.07) is 12.8. The molecule has 22 heavy (non-hydrogen) atoms. The topological polar surface area (TPSA) is 84.7 Å². The molecule has 114 valence electrons. The van der Waals surface area contributed by atoms with Crippen molar-refractivity contribution in [3.05, 3.63) is 48.5 Å². The number of carbonyl (C=O) groups is 2. The summed E-state index contributed by atoms with van der Waals surface area (Å²) in [4.78, 5) is 25.1. The average Bonchev–Trinajstić information content (AvgIpc) is 2.50. The summed E-state index contributed by atoms with van der Waals surface area (Å²) < 4.78 is 5.05. The fourth-order valence-corrected chi connectivity index (χ4v) is 1.92. The molecule has 6 heteroatoms. The van der Waals surface area contributed by atoms with Crippen LogP contribution in [0.2, 0.25) is 0 Å². The van der Waals surface area contributed by atoms with E-state index in [1.165, 1.54) is 6.92 Å². The van der Waals surface area contributed by atoms with Crippen LogP contribution >= 0.6 is 0 Å². The van der Waals surface area contributed by atoms with Gasteiger partial charge < -0.3 is 15.8 Å². The monoisotopic (exact) mass is 299 g/mol. The van der Waals surface area contributed by atoms with E-state index in [0.717, 1.165) is 4.90 Å². The molecule has 0 saturated carbocycles. The zero-order chi connectivity index (χ0) is 16.1. The molecule has 0 unspecified atom stereocenters. The molecule has 0 aromatic heterocycles. The molecule has 0 heterocycles. The van der Waals surface area contributed by atoms with Gasteiger partial charge in [-0.3, -0.25) is 4.79 Å². The number of urea groups is 1. The number of nitrogen functional groups attached to an aromatic ring is 1. The van der Waals surface area contributed by atoms with Crippen LogP contribution in [0.25, 0.3) is 0 Å². The van der Waals surface area contributed by atoms with Crippen LogP contribution in [-0.2, 0) is 4.79 Å². The first kappa shape index (κ1) is 15.4. The Morgan fingerprint density at radius 3 is 2.14 bits per heavy atom. The van der Waals surface area contributed by atoms with Crippen molar-refractivity contribution in [2.24, 2.45) is 0 Å². The lowest BCUT2D eigenvalue weighted by Gasteiger charge is -2.20. The van der Waals surface area contributed by atoms with Crippen molar-refractivity contribution in [3.8, 4) is 5.75 Å². The van der Waals surface area contributed by atoms with Gasteiger partial charge in [-0.15, -0.1) is 0 Å². The van der Waals surface area contributed by atoms with Crippen LogP contribution in [0.5, 0.6) is 5.75 Å². The van der Waals surface area contributed by atoms with Crippen LogP contribution in [0.3, 0.4) is 0 Å². The molecule has 2 aromatic carbocycles. The SMILES string of the molecule is COc1ccc(NC(=O)N(C(C)=O)c2ccc(N)cc2)cc1. The minimum absolute atomic E-state index is 0.393. The molecule has 0 spiro atoms. The van der Waals surface area contributed by atoms with Crippen molar-refractivity contribution < 1.29 is 14.3 Å². The molecule has 2 rings (SSSR count). The van der Waals surface area contributed by atoms with Gasteiger partial charge in [-0.2, -0.15) is 0 Å². The summed E-state index contributed by atoms with van der Waals surface area (Å²) in [6.07, 6.45) is 0. The van der Waals surface area contributed by atoms with Gasteiger partial charge in [0, 0.05) is 18.3 Å². The summed E-state index contributed by atoms with van der Waals surface area (Å²) in [5.74, 6) is 0.288. The van der Waals surface area contributed by atoms with Crippen LogP contribution in [0.4, 0.5) is 21.9 Å². The number of carbonyl (C=O) groups excluding carboxylic acids is 2. The number of anilines is 3. The third kappa shape index (κ3) is 3.54. The summed E-state index contributed by atoms with van der Waals surface area (Å²) in [5.41, 5.74) is 7.19. The number of benzene rings is 2. The fraction of sp³-hybridized carbons (Fsp3) is 0.125. The van der Waals surface area contributed by atoms with Crippen LogP contribution in [0.1, 0.15) is 6.92 Å². The second-order valence-corrected chi connectivity index (χ2v) is 4.60. The fourth-order valence-electron chi connectivity index (χ4n) is 1.92. The predicted molar refractivity (Wildman–Crippen MR) is 86.0 cm³/mol. The summed E-state index contributed by atoms with van der Waals surface area (Å²) >= 11 is 0. The second kappa shape index (κ2) is 6.62. The molecule has 0 fully saturated rings. The lowest BCUT2D eigenvalue weighted by Crippen LogP contribution is -2.38. The molecule has 3 N–H and O–H groups in total. The second-order valence-electron chi connectivity index (χ2n) is 4.60. The number of imide groups is 1. The van der Waals surface area contributed by atoms with Crippen LogP contribution in [0.15, 0.2) is 48.5 Å². The van der Waals surface area contributed by atoms with Crippen molar-refractivity contribution in [1.29, 1.82) is 0 Å². The maximum absolute atomic E-state index is 12.3. The Hall–Kier alpha value is -3.02. The minimum atomic E-state index is -0.539. The standard InChI is InChI=1S/C16H17N3O3/c1-11(20)19(14-7-3-12(17)4-8-14)16(21)18-13-5-9-15(22-2)10-6-13/h3-10H,17H2,1-2H3,(H,18,21). The van der Waals surface area contributed by atoms with Gasteiger partial charge in [-0.1, -0.05) is 0 Å². The van der Waals surface area contributed by atoms with Crippen molar-refractivity contribution in [2.45, 2.75) is 6.92 Å². The van der Waals surface area contributed by atoms with E-state index in [2.05, 4.69) is 5.32 Å². The number of methoxy groups -OCH3 is 1. The normalized spacial score (nSPS) is 9.91.